The molecule has 0 fully saturated rings. The van der Waals surface area contributed by atoms with Crippen molar-refractivity contribution in [3.8, 4) is 11.5 Å². The Morgan fingerprint density at radius 2 is 1.62 bits per heavy atom. The third kappa shape index (κ3) is 4.33. The Balaban J connectivity index is 1.48. The Bertz CT molecular complexity index is 1360. The van der Waals surface area contributed by atoms with Crippen LogP contribution in [0.3, 0.4) is 0 Å². The molecule has 2 aromatic carbocycles. The highest BCUT2D eigenvalue weighted by molar-refractivity contribution is 7.91. The van der Waals surface area contributed by atoms with Gasteiger partial charge in [0.25, 0.3) is 0 Å². The standard InChI is InChI=1S/C23H21N3O5S/c1-30-18-10-19(31-2)12-21(11-18)32(28,29)20-6-3-15(4-7-20)5-8-22(27)16-9-17-14-25-26-23(17)24-13-16/h3-4,6-7,9-14H,5,8H2,1-2H3,(H,24,25,26). The number of nitrogens with zero attached hydrogens (tertiary/aromatic N) is 2. The van der Waals surface area contributed by atoms with Gasteiger partial charge in [-0.1, -0.05) is 12.1 Å². The molecule has 2 aromatic heterocycles. The third-order valence-electron chi connectivity index (χ3n) is 5.12. The number of aromatic amines is 1. The van der Waals surface area contributed by atoms with Crippen LogP contribution in [0.2, 0.25) is 0 Å². The zero-order valence-electron chi connectivity index (χ0n) is 17.5. The van der Waals surface area contributed by atoms with E-state index in [9.17, 15) is 13.2 Å². The van der Waals surface area contributed by atoms with Crippen molar-refractivity contribution >= 4 is 26.7 Å². The summed E-state index contributed by atoms with van der Waals surface area (Å²) >= 11 is 0. The van der Waals surface area contributed by atoms with E-state index < -0.39 is 9.84 Å². The van der Waals surface area contributed by atoms with E-state index in [1.165, 1.54) is 32.5 Å². The van der Waals surface area contributed by atoms with Crippen molar-refractivity contribution in [2.45, 2.75) is 22.6 Å². The van der Waals surface area contributed by atoms with Gasteiger partial charge in [0.1, 0.15) is 11.5 Å². The Morgan fingerprint density at radius 3 is 2.28 bits per heavy atom. The van der Waals surface area contributed by atoms with E-state index >= 15 is 0 Å². The van der Waals surface area contributed by atoms with Crippen molar-refractivity contribution in [2.24, 2.45) is 0 Å². The van der Waals surface area contributed by atoms with Crippen LogP contribution < -0.4 is 9.47 Å². The minimum atomic E-state index is -3.75. The molecule has 164 valence electrons. The highest BCUT2D eigenvalue weighted by atomic mass is 32.2. The first-order valence-electron chi connectivity index (χ1n) is 9.80. The largest absolute Gasteiger partial charge is 0.497 e. The second kappa shape index (κ2) is 8.80. The first kappa shape index (κ1) is 21.5. The Labute approximate surface area is 185 Å². The maximum atomic E-state index is 13.0. The number of pyridine rings is 1. The average Bonchev–Trinajstić information content (AvgIpc) is 3.30. The number of hydrogen-bond donors (Lipinski definition) is 1. The molecular weight excluding hydrogens is 430 g/mol. The number of ether oxygens (including phenoxy) is 2. The molecule has 0 unspecified atom stereocenters. The van der Waals surface area contributed by atoms with Gasteiger partial charge in [0.05, 0.1) is 30.2 Å². The molecule has 0 radical (unpaired) electrons. The van der Waals surface area contributed by atoms with Crippen molar-refractivity contribution in [2.75, 3.05) is 14.2 Å². The predicted molar refractivity (Wildman–Crippen MR) is 118 cm³/mol. The zero-order chi connectivity index (χ0) is 22.7. The molecule has 0 atom stereocenters. The fourth-order valence-electron chi connectivity index (χ4n) is 3.30. The van der Waals surface area contributed by atoms with Crippen LogP contribution in [-0.4, -0.2) is 43.6 Å². The second-order valence-electron chi connectivity index (χ2n) is 7.15. The number of Topliss-reactive ketones (excluding diaryl/α,β-unsaturated/α-hetero) is 1. The first-order chi connectivity index (χ1) is 15.4. The summed E-state index contributed by atoms with van der Waals surface area (Å²) in [5, 5.41) is 7.43. The minimum absolute atomic E-state index is 0.0410. The number of nitrogens with one attached hydrogen (secondary N) is 1. The summed E-state index contributed by atoms with van der Waals surface area (Å²) in [6, 6.07) is 12.8. The van der Waals surface area contributed by atoms with Crippen LogP contribution in [-0.2, 0) is 16.3 Å². The van der Waals surface area contributed by atoms with E-state index in [0.717, 1.165) is 10.9 Å². The summed E-state index contributed by atoms with van der Waals surface area (Å²) in [6.45, 7) is 0. The van der Waals surface area contributed by atoms with Crippen LogP contribution in [0.15, 0.2) is 70.7 Å². The van der Waals surface area contributed by atoms with Crippen LogP contribution in [0.4, 0.5) is 0 Å². The lowest BCUT2D eigenvalue weighted by molar-refractivity contribution is 0.0982. The van der Waals surface area contributed by atoms with Gasteiger partial charge in [-0.05, 0) is 42.3 Å². The number of benzene rings is 2. The van der Waals surface area contributed by atoms with Crippen molar-refractivity contribution in [3.05, 3.63) is 72.1 Å². The Kier molecular flexibility index (Phi) is 5.91. The quantitative estimate of drug-likeness (QED) is 0.407. The van der Waals surface area contributed by atoms with Gasteiger partial charge in [0.15, 0.2) is 11.4 Å². The van der Waals surface area contributed by atoms with Crippen LogP contribution >= 0.6 is 0 Å². The number of H-pyrrole nitrogens is 1. The molecule has 0 aliphatic rings. The maximum absolute atomic E-state index is 13.0. The van der Waals surface area contributed by atoms with E-state index in [4.69, 9.17) is 9.47 Å². The van der Waals surface area contributed by atoms with Gasteiger partial charge >= 0.3 is 0 Å². The molecule has 0 aliphatic carbocycles. The topological polar surface area (TPSA) is 111 Å². The summed E-state index contributed by atoms with van der Waals surface area (Å²) in [5.74, 6) is 0.739. The summed E-state index contributed by atoms with van der Waals surface area (Å²) < 4.78 is 36.4. The number of aryl methyl sites for hydroxylation is 1. The van der Waals surface area contributed by atoms with Gasteiger partial charge in [-0.3, -0.25) is 9.89 Å². The van der Waals surface area contributed by atoms with Gasteiger partial charge in [0, 0.05) is 29.6 Å². The maximum Gasteiger partial charge on any atom is 0.206 e. The van der Waals surface area contributed by atoms with E-state index in [0.29, 0.717) is 29.1 Å². The van der Waals surface area contributed by atoms with Crippen LogP contribution in [0.1, 0.15) is 22.3 Å². The normalized spacial score (nSPS) is 11.4. The van der Waals surface area contributed by atoms with E-state index in [2.05, 4.69) is 15.2 Å². The second-order valence-corrected chi connectivity index (χ2v) is 9.10. The lowest BCUT2D eigenvalue weighted by Crippen LogP contribution is -2.04. The van der Waals surface area contributed by atoms with Gasteiger partial charge < -0.3 is 9.47 Å². The van der Waals surface area contributed by atoms with Crippen molar-refractivity contribution in [1.82, 2.24) is 15.2 Å². The van der Waals surface area contributed by atoms with Gasteiger partial charge in [-0.25, -0.2) is 13.4 Å². The zero-order valence-corrected chi connectivity index (χ0v) is 18.3. The molecule has 0 bridgehead atoms. The predicted octanol–water partition coefficient (Wildman–Crippen LogP) is 3.62. The number of ketones is 1. The molecule has 0 aliphatic heterocycles. The number of aromatic nitrogens is 3. The van der Waals surface area contributed by atoms with Gasteiger partial charge in [0.2, 0.25) is 9.84 Å². The smallest absolute Gasteiger partial charge is 0.206 e. The SMILES string of the molecule is COc1cc(OC)cc(S(=O)(=O)c2ccc(CCC(=O)c3cnc4[nH]ncc4c3)cc2)c1. The summed E-state index contributed by atoms with van der Waals surface area (Å²) in [5.41, 5.74) is 2.01. The molecule has 1 N–H and O–H groups in total. The number of fused-ring (bicyclic) bond motifs is 1. The molecule has 0 amide bonds. The molecule has 32 heavy (non-hydrogen) atoms. The number of carbonyl (C=O) groups is 1. The molecular formula is C23H21N3O5S. The van der Waals surface area contributed by atoms with Crippen LogP contribution in [0.25, 0.3) is 11.0 Å². The first-order valence-corrected chi connectivity index (χ1v) is 11.3. The number of sulfone groups is 1. The van der Waals surface area contributed by atoms with E-state index in [1.807, 2.05) is 0 Å². The van der Waals surface area contributed by atoms with E-state index in [-0.39, 0.29) is 22.0 Å². The number of carbonyl (C=O) groups excluding carboxylic acids is 1. The fraction of sp³-hybridized carbons (Fsp3) is 0.174. The van der Waals surface area contributed by atoms with Crippen molar-refractivity contribution < 1.29 is 22.7 Å². The molecule has 4 rings (SSSR count). The molecule has 0 saturated heterocycles. The highest BCUT2D eigenvalue weighted by Gasteiger charge is 2.20. The third-order valence-corrected chi connectivity index (χ3v) is 6.87. The molecule has 9 heteroatoms. The Morgan fingerprint density at radius 1 is 0.938 bits per heavy atom. The molecule has 8 nitrogen and oxygen atoms in total. The Hall–Kier alpha value is -3.72. The lowest BCUT2D eigenvalue weighted by Gasteiger charge is -2.10. The fourth-order valence-corrected chi connectivity index (χ4v) is 4.61. The minimum Gasteiger partial charge on any atom is -0.497 e. The molecule has 4 aromatic rings. The number of methoxy groups -OCH3 is 2. The summed E-state index contributed by atoms with van der Waals surface area (Å²) in [7, 11) is -0.829. The molecule has 2 heterocycles. The summed E-state index contributed by atoms with van der Waals surface area (Å²) in [6.07, 6.45) is 3.91. The van der Waals surface area contributed by atoms with Crippen molar-refractivity contribution in [3.63, 3.8) is 0 Å². The van der Waals surface area contributed by atoms with Crippen molar-refractivity contribution in [1.29, 1.82) is 0 Å². The highest BCUT2D eigenvalue weighted by Crippen LogP contribution is 2.29. The molecule has 0 spiro atoms. The number of hydrogen-bond acceptors (Lipinski definition) is 7. The van der Waals surface area contributed by atoms with Crippen LogP contribution in [0, 0.1) is 0 Å². The van der Waals surface area contributed by atoms with E-state index in [1.54, 1.807) is 42.6 Å². The summed E-state index contributed by atoms with van der Waals surface area (Å²) in [4.78, 5) is 16.9. The monoisotopic (exact) mass is 451 g/mol. The number of rotatable bonds is 8. The average molecular weight is 452 g/mol. The van der Waals surface area contributed by atoms with Crippen LogP contribution in [0.5, 0.6) is 11.5 Å². The van der Waals surface area contributed by atoms with Gasteiger partial charge in [-0.2, -0.15) is 5.10 Å². The lowest BCUT2D eigenvalue weighted by atomic mass is 10.0. The molecule has 0 saturated carbocycles. The van der Waals surface area contributed by atoms with Gasteiger partial charge in [-0.15, -0.1) is 0 Å².